The Morgan fingerprint density at radius 3 is 2.48 bits per heavy atom. The quantitative estimate of drug-likeness (QED) is 0.646. The number of carbonyl (C=O) groups excluding carboxylic acids is 1. The van der Waals surface area contributed by atoms with Crippen LogP contribution in [0, 0.1) is 24.0 Å². The van der Waals surface area contributed by atoms with E-state index in [1.807, 2.05) is 0 Å². The maximum Gasteiger partial charge on any atom is 0.293 e. The molecule has 1 aromatic rings. The average molecular weight is 313 g/mol. The van der Waals surface area contributed by atoms with Gasteiger partial charge in [0.05, 0.1) is 4.92 Å². The number of primary sulfonamides is 1. The van der Waals surface area contributed by atoms with Gasteiger partial charge in [0.2, 0.25) is 15.9 Å². The van der Waals surface area contributed by atoms with Crippen molar-refractivity contribution < 1.29 is 18.1 Å². The van der Waals surface area contributed by atoms with Gasteiger partial charge in [-0.3, -0.25) is 14.9 Å². The zero-order chi connectivity index (χ0) is 15.9. The molecule has 1 amide bonds. The second-order valence-corrected chi connectivity index (χ2v) is 6.97. The van der Waals surface area contributed by atoms with Crippen molar-refractivity contribution in [3.05, 3.63) is 33.4 Å². The second-order valence-electron chi connectivity index (χ2n) is 5.13. The van der Waals surface area contributed by atoms with Gasteiger partial charge in [-0.05, 0) is 25.0 Å². The van der Waals surface area contributed by atoms with Crippen molar-refractivity contribution >= 4 is 27.3 Å². The zero-order valence-corrected chi connectivity index (χ0v) is 12.4. The molecule has 0 aromatic heterocycles. The van der Waals surface area contributed by atoms with Crippen LogP contribution < -0.4 is 10.0 Å². The van der Waals surface area contributed by atoms with Gasteiger partial charge in [0, 0.05) is 19.0 Å². The molecule has 9 heteroatoms. The van der Waals surface area contributed by atoms with E-state index in [2.05, 4.69) is 0 Å². The third-order valence-corrected chi connectivity index (χ3v) is 4.69. The van der Waals surface area contributed by atoms with Gasteiger partial charge < -0.3 is 4.90 Å². The lowest BCUT2D eigenvalue weighted by Gasteiger charge is -2.19. The Morgan fingerprint density at radius 1 is 1.38 bits per heavy atom. The van der Waals surface area contributed by atoms with Crippen molar-refractivity contribution in [2.75, 3.05) is 11.4 Å². The molecule has 1 heterocycles. The van der Waals surface area contributed by atoms with Gasteiger partial charge in [-0.1, -0.05) is 6.07 Å². The number of nitro groups is 1. The molecule has 0 aliphatic carbocycles. The Bertz CT molecular complexity index is 729. The van der Waals surface area contributed by atoms with E-state index in [-0.39, 0.29) is 24.3 Å². The Balaban J connectivity index is 2.53. The highest BCUT2D eigenvalue weighted by atomic mass is 32.2. The first-order chi connectivity index (χ1) is 9.61. The molecule has 1 saturated heterocycles. The lowest BCUT2D eigenvalue weighted by atomic mass is 10.1. The van der Waals surface area contributed by atoms with E-state index >= 15 is 0 Å². The summed E-state index contributed by atoms with van der Waals surface area (Å²) in [6.45, 7) is 3.19. The van der Waals surface area contributed by atoms with Crippen LogP contribution in [0.5, 0.6) is 0 Å². The highest BCUT2D eigenvalue weighted by molar-refractivity contribution is 7.89. The standard InChI is InChI=1S/C12H15N3O5S/c1-7-3-8(2)12(10(4-7)15(17)18)14-6-9(5-11(14)16)21(13,19)20/h3-4,9H,5-6H2,1-2H3,(H2,13,19,20). The van der Waals surface area contributed by atoms with Gasteiger partial charge in [-0.15, -0.1) is 0 Å². The van der Waals surface area contributed by atoms with E-state index in [1.165, 1.54) is 6.07 Å². The number of aryl methyl sites for hydroxylation is 2. The van der Waals surface area contributed by atoms with Gasteiger partial charge in [0.1, 0.15) is 10.9 Å². The molecule has 1 fully saturated rings. The van der Waals surface area contributed by atoms with Crippen molar-refractivity contribution in [2.24, 2.45) is 5.14 Å². The number of sulfonamides is 1. The Hall–Kier alpha value is -2.00. The van der Waals surface area contributed by atoms with Crippen LogP contribution in [0.2, 0.25) is 0 Å². The molecule has 0 radical (unpaired) electrons. The van der Waals surface area contributed by atoms with Crippen LogP contribution in [0.15, 0.2) is 12.1 Å². The monoisotopic (exact) mass is 313 g/mol. The fourth-order valence-electron chi connectivity index (χ4n) is 2.54. The average Bonchev–Trinajstić information content (AvgIpc) is 2.70. The number of nitrogens with two attached hydrogens (primary N) is 1. The minimum Gasteiger partial charge on any atom is -0.305 e. The molecular formula is C12H15N3O5S. The van der Waals surface area contributed by atoms with Crippen molar-refractivity contribution in [1.29, 1.82) is 0 Å². The third kappa shape index (κ3) is 2.88. The number of nitrogens with zero attached hydrogens (tertiary/aromatic N) is 2. The summed E-state index contributed by atoms with van der Waals surface area (Å²) in [5, 5.41) is 15.2. The fraction of sp³-hybridized carbons (Fsp3) is 0.417. The Kier molecular flexibility index (Phi) is 3.72. The summed E-state index contributed by atoms with van der Waals surface area (Å²) in [4.78, 5) is 23.8. The summed E-state index contributed by atoms with van der Waals surface area (Å²) >= 11 is 0. The summed E-state index contributed by atoms with van der Waals surface area (Å²) in [5.41, 5.74) is 1.17. The van der Waals surface area contributed by atoms with E-state index in [1.54, 1.807) is 19.9 Å². The van der Waals surface area contributed by atoms with Crippen molar-refractivity contribution in [1.82, 2.24) is 0 Å². The van der Waals surface area contributed by atoms with Gasteiger partial charge >= 0.3 is 0 Å². The fourth-order valence-corrected chi connectivity index (χ4v) is 3.27. The van der Waals surface area contributed by atoms with Crippen LogP contribution in [-0.4, -0.2) is 31.0 Å². The first kappa shape index (κ1) is 15.4. The molecular weight excluding hydrogens is 298 g/mol. The summed E-state index contributed by atoms with van der Waals surface area (Å²) in [5.74, 6) is -0.482. The van der Waals surface area contributed by atoms with Crippen LogP contribution in [0.25, 0.3) is 0 Å². The van der Waals surface area contributed by atoms with E-state index in [0.29, 0.717) is 11.1 Å². The highest BCUT2D eigenvalue weighted by Crippen LogP contribution is 2.36. The van der Waals surface area contributed by atoms with E-state index in [9.17, 15) is 23.3 Å². The number of anilines is 1. The molecule has 0 saturated carbocycles. The molecule has 114 valence electrons. The predicted octanol–water partition coefficient (Wildman–Crippen LogP) is 0.605. The van der Waals surface area contributed by atoms with Gasteiger partial charge in [-0.2, -0.15) is 0 Å². The molecule has 2 rings (SSSR count). The predicted molar refractivity (Wildman–Crippen MR) is 76.4 cm³/mol. The van der Waals surface area contributed by atoms with Crippen molar-refractivity contribution in [3.63, 3.8) is 0 Å². The van der Waals surface area contributed by atoms with Gasteiger partial charge in [0.15, 0.2) is 0 Å². The van der Waals surface area contributed by atoms with Crippen molar-refractivity contribution in [2.45, 2.75) is 25.5 Å². The summed E-state index contributed by atoms with van der Waals surface area (Å²) < 4.78 is 22.8. The Morgan fingerprint density at radius 2 is 2.00 bits per heavy atom. The molecule has 0 bridgehead atoms. The van der Waals surface area contributed by atoms with Gasteiger partial charge in [-0.25, -0.2) is 13.6 Å². The van der Waals surface area contributed by atoms with Crippen molar-refractivity contribution in [3.8, 4) is 0 Å². The van der Waals surface area contributed by atoms with E-state index in [0.717, 1.165) is 4.90 Å². The largest absolute Gasteiger partial charge is 0.305 e. The maximum absolute atomic E-state index is 12.0. The topological polar surface area (TPSA) is 124 Å². The normalized spacial score (nSPS) is 19.1. The van der Waals surface area contributed by atoms with Crippen LogP contribution >= 0.6 is 0 Å². The number of carbonyl (C=O) groups is 1. The first-order valence-corrected chi connectivity index (χ1v) is 7.80. The lowest BCUT2D eigenvalue weighted by molar-refractivity contribution is -0.384. The molecule has 8 nitrogen and oxygen atoms in total. The lowest BCUT2D eigenvalue weighted by Crippen LogP contribution is -2.32. The number of hydrogen-bond acceptors (Lipinski definition) is 5. The third-order valence-electron chi connectivity index (χ3n) is 3.45. The molecule has 1 atom stereocenters. The van der Waals surface area contributed by atoms with Gasteiger partial charge in [0.25, 0.3) is 5.69 Å². The maximum atomic E-state index is 12.0. The first-order valence-electron chi connectivity index (χ1n) is 6.19. The molecule has 1 aliphatic heterocycles. The molecule has 21 heavy (non-hydrogen) atoms. The molecule has 1 aliphatic rings. The Labute approximate surface area is 121 Å². The van der Waals surface area contributed by atoms with Crippen LogP contribution in [0.3, 0.4) is 0 Å². The van der Waals surface area contributed by atoms with Crippen LogP contribution in [0.4, 0.5) is 11.4 Å². The number of rotatable bonds is 3. The molecule has 1 aromatic carbocycles. The van der Waals surface area contributed by atoms with Crippen LogP contribution in [-0.2, 0) is 14.8 Å². The smallest absolute Gasteiger partial charge is 0.293 e. The SMILES string of the molecule is Cc1cc(C)c(N2CC(S(N)(=O)=O)CC2=O)c([N+](=O)[O-])c1. The summed E-state index contributed by atoms with van der Waals surface area (Å²) in [6, 6.07) is 3.07. The number of hydrogen-bond donors (Lipinski definition) is 1. The molecule has 0 spiro atoms. The second kappa shape index (κ2) is 5.08. The van der Waals surface area contributed by atoms with E-state index < -0.39 is 26.1 Å². The molecule has 2 N–H and O–H groups in total. The highest BCUT2D eigenvalue weighted by Gasteiger charge is 2.40. The summed E-state index contributed by atoms with van der Waals surface area (Å²) in [7, 11) is -3.86. The number of nitro benzene ring substituents is 1. The zero-order valence-electron chi connectivity index (χ0n) is 11.6. The number of amides is 1. The molecule has 1 unspecified atom stereocenters. The minimum atomic E-state index is -3.86. The summed E-state index contributed by atoms with van der Waals surface area (Å²) in [6.07, 6.45) is -0.261. The van der Waals surface area contributed by atoms with Crippen LogP contribution in [0.1, 0.15) is 17.5 Å². The number of benzene rings is 1. The minimum absolute atomic E-state index is 0.141. The van der Waals surface area contributed by atoms with E-state index in [4.69, 9.17) is 5.14 Å².